The number of aryl methyl sites for hydroxylation is 1. The molecule has 0 atom stereocenters. The molecule has 0 aliphatic rings. The molecule has 4 rings (SSSR count). The molecule has 2 aromatic heterocycles. The maximum absolute atomic E-state index is 12.9. The predicted molar refractivity (Wildman–Crippen MR) is 120 cm³/mol. The van der Waals surface area contributed by atoms with Gasteiger partial charge in [-0.25, -0.2) is 18.1 Å². The molecule has 0 radical (unpaired) electrons. The van der Waals surface area contributed by atoms with Crippen LogP contribution in [0.4, 0.5) is 5.69 Å². The van der Waals surface area contributed by atoms with Crippen molar-refractivity contribution in [3.05, 3.63) is 77.6 Å². The molecular weight excluding hydrogens is 430 g/mol. The van der Waals surface area contributed by atoms with Crippen LogP contribution >= 0.6 is 0 Å². The normalized spacial score (nSPS) is 11.9. The van der Waals surface area contributed by atoms with E-state index in [2.05, 4.69) is 15.0 Å². The van der Waals surface area contributed by atoms with Crippen molar-refractivity contribution in [2.24, 2.45) is 0 Å². The molecule has 8 nitrogen and oxygen atoms in total. The van der Waals surface area contributed by atoms with E-state index in [0.717, 1.165) is 0 Å². The Bertz CT molecular complexity index is 1370. The Morgan fingerprint density at radius 1 is 1.12 bits per heavy atom. The third-order valence-electron chi connectivity index (χ3n) is 4.94. The van der Waals surface area contributed by atoms with Gasteiger partial charge in [-0.3, -0.25) is 4.79 Å². The van der Waals surface area contributed by atoms with E-state index >= 15 is 0 Å². The number of carbonyl (C=O) groups is 1. The number of benzene rings is 2. The lowest BCUT2D eigenvalue weighted by Crippen LogP contribution is -2.24. The van der Waals surface area contributed by atoms with Gasteiger partial charge in [-0.1, -0.05) is 19.9 Å². The lowest BCUT2D eigenvalue weighted by atomic mass is 10.1. The van der Waals surface area contributed by atoms with Crippen molar-refractivity contribution in [3.8, 4) is 0 Å². The van der Waals surface area contributed by atoms with Crippen LogP contribution in [0.2, 0.25) is 0 Å². The highest BCUT2D eigenvalue weighted by Gasteiger charge is 2.19. The number of furan rings is 1. The molecule has 1 amide bonds. The van der Waals surface area contributed by atoms with E-state index in [1.54, 1.807) is 43.3 Å². The van der Waals surface area contributed by atoms with Crippen molar-refractivity contribution < 1.29 is 22.0 Å². The summed E-state index contributed by atoms with van der Waals surface area (Å²) in [5, 5.41) is 2.81. The average Bonchev–Trinajstić information content (AvgIpc) is 3.42. The van der Waals surface area contributed by atoms with E-state index in [1.807, 2.05) is 13.8 Å². The molecule has 0 spiro atoms. The number of oxazole rings is 1. The Morgan fingerprint density at radius 2 is 1.94 bits per heavy atom. The fourth-order valence-electron chi connectivity index (χ4n) is 3.14. The van der Waals surface area contributed by atoms with Crippen molar-refractivity contribution in [1.29, 1.82) is 0 Å². The monoisotopic (exact) mass is 453 g/mol. The standard InChI is InChI=1S/C23H23N3O5S/c1-14(2)23-26-20-11-16(7-9-21(20)31-23)25-22(27)19-12-18(8-6-15(19)3)32(28,29)24-13-17-5-4-10-30-17/h4-12,14,24H,13H2,1-3H3,(H,25,27). The lowest BCUT2D eigenvalue weighted by Gasteiger charge is -2.11. The number of hydrogen-bond acceptors (Lipinski definition) is 6. The molecule has 0 unspecified atom stereocenters. The van der Waals surface area contributed by atoms with Gasteiger partial charge < -0.3 is 14.2 Å². The molecule has 0 saturated heterocycles. The molecule has 2 N–H and O–H groups in total. The van der Waals surface area contributed by atoms with Crippen molar-refractivity contribution in [2.75, 3.05) is 5.32 Å². The molecule has 2 aromatic carbocycles. The Balaban J connectivity index is 1.55. The molecule has 2 heterocycles. The van der Waals surface area contributed by atoms with Crippen molar-refractivity contribution in [2.45, 2.75) is 38.1 Å². The van der Waals surface area contributed by atoms with Gasteiger partial charge in [-0.15, -0.1) is 0 Å². The molecule has 9 heteroatoms. The first-order valence-corrected chi connectivity index (χ1v) is 11.6. The fraction of sp³-hybridized carbons (Fsp3) is 0.217. The Hall–Kier alpha value is -3.43. The van der Waals surface area contributed by atoms with Gasteiger partial charge in [0.05, 0.1) is 17.7 Å². The Kier molecular flexibility index (Phi) is 5.86. The first-order chi connectivity index (χ1) is 15.2. The summed E-state index contributed by atoms with van der Waals surface area (Å²) < 4.78 is 38.7. The Labute approximate surface area is 185 Å². The summed E-state index contributed by atoms with van der Waals surface area (Å²) in [6.07, 6.45) is 1.47. The number of rotatable bonds is 7. The maximum atomic E-state index is 12.9. The summed E-state index contributed by atoms with van der Waals surface area (Å²) in [7, 11) is -3.83. The van der Waals surface area contributed by atoms with Gasteiger partial charge in [0.2, 0.25) is 10.0 Å². The average molecular weight is 454 g/mol. The molecular formula is C23H23N3O5S. The second-order valence-electron chi connectivity index (χ2n) is 7.72. The number of nitrogens with one attached hydrogen (secondary N) is 2. The van der Waals surface area contributed by atoms with Crippen LogP contribution in [0.15, 0.2) is 68.5 Å². The van der Waals surface area contributed by atoms with E-state index < -0.39 is 15.9 Å². The highest BCUT2D eigenvalue weighted by atomic mass is 32.2. The number of fused-ring (bicyclic) bond motifs is 1. The van der Waals surface area contributed by atoms with Crippen LogP contribution in [0.3, 0.4) is 0 Å². The Morgan fingerprint density at radius 3 is 2.66 bits per heavy atom. The smallest absolute Gasteiger partial charge is 0.255 e. The van der Waals surface area contributed by atoms with Crippen LogP contribution in [0.5, 0.6) is 0 Å². The number of anilines is 1. The summed E-state index contributed by atoms with van der Waals surface area (Å²) in [6.45, 7) is 5.74. The van der Waals surface area contributed by atoms with Crippen molar-refractivity contribution in [1.82, 2.24) is 9.71 Å². The van der Waals surface area contributed by atoms with E-state index in [-0.39, 0.29) is 22.9 Å². The minimum atomic E-state index is -3.83. The van der Waals surface area contributed by atoms with E-state index in [4.69, 9.17) is 8.83 Å². The van der Waals surface area contributed by atoms with E-state index in [1.165, 1.54) is 18.4 Å². The molecule has 4 aromatic rings. The van der Waals surface area contributed by atoms with Crippen molar-refractivity contribution in [3.63, 3.8) is 0 Å². The van der Waals surface area contributed by atoms with Gasteiger partial charge in [0.25, 0.3) is 5.91 Å². The van der Waals surface area contributed by atoms with Gasteiger partial charge in [0.1, 0.15) is 11.3 Å². The number of sulfonamides is 1. The molecule has 32 heavy (non-hydrogen) atoms. The minimum absolute atomic E-state index is 0.00617. The number of hydrogen-bond donors (Lipinski definition) is 2. The quantitative estimate of drug-likeness (QED) is 0.423. The maximum Gasteiger partial charge on any atom is 0.255 e. The van der Waals surface area contributed by atoms with Crippen LogP contribution in [-0.2, 0) is 16.6 Å². The number of nitrogens with zero attached hydrogens (tertiary/aromatic N) is 1. The lowest BCUT2D eigenvalue weighted by molar-refractivity contribution is 0.102. The topological polar surface area (TPSA) is 114 Å². The highest BCUT2D eigenvalue weighted by molar-refractivity contribution is 7.89. The van der Waals surface area contributed by atoms with Crippen molar-refractivity contribution >= 4 is 32.7 Å². The summed E-state index contributed by atoms with van der Waals surface area (Å²) in [5.74, 6) is 0.841. The predicted octanol–water partition coefficient (Wildman–Crippen LogP) is 4.58. The van der Waals surface area contributed by atoms with Gasteiger partial charge in [-0.05, 0) is 55.0 Å². The first-order valence-electron chi connectivity index (χ1n) is 10.1. The van der Waals surface area contributed by atoms with Crippen LogP contribution in [0, 0.1) is 6.92 Å². The molecule has 0 aliphatic heterocycles. The van der Waals surface area contributed by atoms with Crippen LogP contribution in [0.25, 0.3) is 11.1 Å². The second kappa shape index (κ2) is 8.60. The zero-order chi connectivity index (χ0) is 22.9. The molecule has 0 aliphatic carbocycles. The molecule has 0 saturated carbocycles. The third-order valence-corrected chi connectivity index (χ3v) is 6.34. The molecule has 0 bridgehead atoms. The third kappa shape index (κ3) is 4.58. The largest absolute Gasteiger partial charge is 0.468 e. The number of aromatic nitrogens is 1. The van der Waals surface area contributed by atoms with Gasteiger partial charge in [-0.2, -0.15) is 0 Å². The summed E-state index contributed by atoms with van der Waals surface area (Å²) >= 11 is 0. The molecule has 166 valence electrons. The van der Waals surface area contributed by atoms with Crippen LogP contribution in [0.1, 0.15) is 47.3 Å². The summed E-state index contributed by atoms with van der Waals surface area (Å²) in [6, 6.07) is 13.0. The fourth-order valence-corrected chi connectivity index (χ4v) is 4.16. The SMILES string of the molecule is Cc1ccc(S(=O)(=O)NCc2ccco2)cc1C(=O)Nc1ccc2oc(C(C)C)nc2c1. The van der Waals surface area contributed by atoms with E-state index in [9.17, 15) is 13.2 Å². The zero-order valence-electron chi connectivity index (χ0n) is 17.9. The second-order valence-corrected chi connectivity index (χ2v) is 9.49. The minimum Gasteiger partial charge on any atom is -0.468 e. The van der Waals surface area contributed by atoms with Gasteiger partial charge in [0.15, 0.2) is 11.5 Å². The van der Waals surface area contributed by atoms with Gasteiger partial charge in [0, 0.05) is 17.2 Å². The van der Waals surface area contributed by atoms with E-state index in [0.29, 0.717) is 34.0 Å². The summed E-state index contributed by atoms with van der Waals surface area (Å²) in [4.78, 5) is 17.4. The number of carbonyl (C=O) groups excluding carboxylic acids is 1. The van der Waals surface area contributed by atoms with Gasteiger partial charge >= 0.3 is 0 Å². The van der Waals surface area contributed by atoms with Crippen LogP contribution in [-0.4, -0.2) is 19.3 Å². The van der Waals surface area contributed by atoms with Crippen LogP contribution < -0.4 is 10.0 Å². The highest BCUT2D eigenvalue weighted by Crippen LogP contribution is 2.24. The summed E-state index contributed by atoms with van der Waals surface area (Å²) in [5.41, 5.74) is 2.72. The first kappa shape index (κ1) is 21.8. The molecule has 0 fully saturated rings. The zero-order valence-corrected chi connectivity index (χ0v) is 18.7. The number of amides is 1.